The highest BCUT2D eigenvalue weighted by atomic mass is 16.5. The second kappa shape index (κ2) is 11.6. The Labute approximate surface area is 302 Å². The Bertz CT molecular complexity index is 2330. The van der Waals surface area contributed by atoms with Crippen molar-refractivity contribution in [1.29, 1.82) is 0 Å². The summed E-state index contributed by atoms with van der Waals surface area (Å²) < 4.78 is 10.1. The zero-order chi connectivity index (χ0) is 36.2. The molecule has 52 heavy (non-hydrogen) atoms. The predicted octanol–water partition coefficient (Wildman–Crippen LogP) is 6.97. The molecule has 0 spiro atoms. The molecule has 3 atom stereocenters. The number of likely N-dealkylation sites (tertiary alicyclic amines) is 1. The van der Waals surface area contributed by atoms with Crippen molar-refractivity contribution >= 4 is 34.3 Å². The average molecular weight is 701 g/mol. The highest BCUT2D eigenvalue weighted by molar-refractivity contribution is 6.00. The second-order valence-corrected chi connectivity index (χ2v) is 16.2. The standard InChI is InChI=1S/C41H44N6O5/c1-22-35(33-16-26-10-8-25(15-32(26)44(33)19-23-6-7-23)24-9-11-27-18-42-38(48)30(27)14-24)43-46-21-29(17-34(52-5)36(22)46)39(49)45-20-28-12-13-31(45)37(28)47(40(50)51)41(2,3)4/h8-11,14-17,21,23,28,31,37H,6-7,12-13,18-20H2,1-5H3,(H,42,48)(H,50,51)/t28?,31?,37-/m1/s1. The molecule has 2 bridgehead atoms. The van der Waals surface area contributed by atoms with Gasteiger partial charge in [0.2, 0.25) is 0 Å². The molecule has 2 N–H and O–H groups in total. The van der Waals surface area contributed by atoms with Crippen LogP contribution in [0.1, 0.15) is 78.3 Å². The molecule has 3 fully saturated rings. The molecule has 3 aromatic heterocycles. The van der Waals surface area contributed by atoms with Gasteiger partial charge in [0.1, 0.15) is 17.0 Å². The smallest absolute Gasteiger partial charge is 0.408 e. The minimum atomic E-state index is -0.945. The average Bonchev–Trinajstić information content (AvgIpc) is 3.35. The van der Waals surface area contributed by atoms with Gasteiger partial charge in [-0.15, -0.1) is 0 Å². The van der Waals surface area contributed by atoms with Crippen LogP contribution in [0.3, 0.4) is 0 Å². The Morgan fingerprint density at radius 1 is 1.04 bits per heavy atom. The number of methoxy groups -OCH3 is 1. The SMILES string of the molecule is COc1cc(C(=O)N2CC3CCC2[C@@H]3N(C(=O)O)C(C)(C)C)cn2nc(-c3cc4ccc(-c5ccc6c(c5)C(=O)NC6)cc4n3CC3CC3)c(C)c12. The molecule has 9 rings (SSSR count). The predicted molar refractivity (Wildman–Crippen MR) is 198 cm³/mol. The van der Waals surface area contributed by atoms with Gasteiger partial charge in [-0.2, -0.15) is 5.10 Å². The molecule has 4 aliphatic rings. The van der Waals surface area contributed by atoms with Crippen LogP contribution in [0, 0.1) is 18.8 Å². The number of aromatic nitrogens is 3. The van der Waals surface area contributed by atoms with Crippen LogP contribution in [-0.4, -0.2) is 78.3 Å². The number of pyridine rings is 1. The molecule has 2 unspecified atom stereocenters. The van der Waals surface area contributed by atoms with E-state index in [0.29, 0.717) is 30.3 Å². The van der Waals surface area contributed by atoms with Gasteiger partial charge >= 0.3 is 6.09 Å². The summed E-state index contributed by atoms with van der Waals surface area (Å²) in [4.78, 5) is 42.6. The van der Waals surface area contributed by atoms with E-state index in [9.17, 15) is 19.5 Å². The van der Waals surface area contributed by atoms with E-state index in [4.69, 9.17) is 9.84 Å². The van der Waals surface area contributed by atoms with Crippen LogP contribution < -0.4 is 10.1 Å². The number of benzene rings is 2. The molecule has 11 heteroatoms. The van der Waals surface area contributed by atoms with E-state index >= 15 is 0 Å². The third-order valence-electron chi connectivity index (χ3n) is 11.8. The van der Waals surface area contributed by atoms with E-state index in [1.807, 2.05) is 37.8 Å². The molecule has 268 valence electrons. The Morgan fingerprint density at radius 2 is 1.81 bits per heavy atom. The van der Waals surface area contributed by atoms with Crippen molar-refractivity contribution < 1.29 is 24.2 Å². The lowest BCUT2D eigenvalue weighted by Gasteiger charge is -2.40. The van der Waals surface area contributed by atoms with Crippen molar-refractivity contribution in [2.24, 2.45) is 11.8 Å². The summed E-state index contributed by atoms with van der Waals surface area (Å²) >= 11 is 0. The van der Waals surface area contributed by atoms with Gasteiger partial charge in [-0.05, 0) is 106 Å². The van der Waals surface area contributed by atoms with Crippen LogP contribution in [0.4, 0.5) is 4.79 Å². The number of carboxylic acid groups (broad SMARTS) is 1. The molecular weight excluding hydrogens is 656 g/mol. The van der Waals surface area contributed by atoms with E-state index < -0.39 is 11.6 Å². The zero-order valence-corrected chi connectivity index (χ0v) is 30.3. The fourth-order valence-corrected chi connectivity index (χ4v) is 9.19. The molecule has 5 heterocycles. The van der Waals surface area contributed by atoms with Crippen LogP contribution in [0.5, 0.6) is 5.75 Å². The Morgan fingerprint density at radius 3 is 2.54 bits per heavy atom. The lowest BCUT2D eigenvalue weighted by molar-refractivity contribution is 0.0503. The highest BCUT2D eigenvalue weighted by Gasteiger charge is 2.54. The molecule has 11 nitrogen and oxygen atoms in total. The van der Waals surface area contributed by atoms with E-state index in [1.54, 1.807) is 28.8 Å². The number of nitrogens with zero attached hydrogens (tertiary/aromatic N) is 5. The minimum Gasteiger partial charge on any atom is -0.494 e. The maximum Gasteiger partial charge on any atom is 0.408 e. The summed E-state index contributed by atoms with van der Waals surface area (Å²) in [5.41, 5.74) is 8.45. The topological polar surface area (TPSA) is 121 Å². The van der Waals surface area contributed by atoms with Crippen LogP contribution in [0.25, 0.3) is 38.9 Å². The first-order chi connectivity index (χ1) is 24.9. The van der Waals surface area contributed by atoms with Gasteiger partial charge in [-0.25, -0.2) is 9.31 Å². The molecule has 2 aliphatic carbocycles. The first-order valence-corrected chi connectivity index (χ1v) is 18.4. The van der Waals surface area contributed by atoms with Gasteiger partial charge in [0, 0.05) is 53.4 Å². The van der Waals surface area contributed by atoms with Crippen molar-refractivity contribution in [2.45, 2.75) is 84.1 Å². The van der Waals surface area contributed by atoms with Gasteiger partial charge in [-0.1, -0.05) is 24.3 Å². The Balaban J connectivity index is 1.10. The lowest BCUT2D eigenvalue weighted by atomic mass is 9.98. The molecule has 5 aromatic rings. The van der Waals surface area contributed by atoms with Crippen LogP contribution in [0.15, 0.2) is 54.7 Å². The third kappa shape index (κ3) is 5.07. The summed E-state index contributed by atoms with van der Waals surface area (Å²) in [6, 6.07) is 16.2. The fourth-order valence-electron chi connectivity index (χ4n) is 9.19. The summed E-state index contributed by atoms with van der Waals surface area (Å²) in [7, 11) is 1.62. The molecule has 1 saturated heterocycles. The number of rotatable bonds is 7. The molecular formula is C41H44N6O5. The fraction of sp³-hybridized carbons (Fsp3) is 0.415. The lowest BCUT2D eigenvalue weighted by Crippen LogP contribution is -2.55. The van der Waals surface area contributed by atoms with Crippen molar-refractivity contribution in [3.8, 4) is 28.3 Å². The normalized spacial score (nSPS) is 20.9. The molecule has 2 aromatic carbocycles. The number of piperidine rings is 1. The Kier molecular flexibility index (Phi) is 7.26. The number of hydrogen-bond acceptors (Lipinski definition) is 5. The summed E-state index contributed by atoms with van der Waals surface area (Å²) in [6.45, 7) is 9.78. The minimum absolute atomic E-state index is 0.0258. The van der Waals surface area contributed by atoms with Crippen LogP contribution in [-0.2, 0) is 13.1 Å². The van der Waals surface area contributed by atoms with Crippen LogP contribution in [0.2, 0.25) is 0 Å². The van der Waals surface area contributed by atoms with E-state index in [-0.39, 0.29) is 29.8 Å². The third-order valence-corrected chi connectivity index (χ3v) is 11.8. The summed E-state index contributed by atoms with van der Waals surface area (Å²) in [6.07, 6.45) is 4.93. The first-order valence-electron chi connectivity index (χ1n) is 18.4. The molecule has 2 aliphatic heterocycles. The van der Waals surface area contributed by atoms with Gasteiger partial charge in [0.25, 0.3) is 11.8 Å². The van der Waals surface area contributed by atoms with Gasteiger partial charge in [-0.3, -0.25) is 14.5 Å². The number of amides is 3. The van der Waals surface area contributed by atoms with Gasteiger partial charge < -0.3 is 24.6 Å². The molecule has 0 radical (unpaired) electrons. The Hall–Kier alpha value is -5.32. The second-order valence-electron chi connectivity index (χ2n) is 16.2. The summed E-state index contributed by atoms with van der Waals surface area (Å²) in [5, 5.41) is 19.3. The molecule has 2 saturated carbocycles. The number of hydrogen-bond donors (Lipinski definition) is 2. The van der Waals surface area contributed by atoms with Crippen molar-refractivity contribution in [2.75, 3.05) is 13.7 Å². The number of carbonyl (C=O) groups is 3. The quantitative estimate of drug-likeness (QED) is 0.189. The number of ether oxygens (including phenoxy) is 1. The van der Waals surface area contributed by atoms with E-state index in [0.717, 1.165) is 75.0 Å². The van der Waals surface area contributed by atoms with E-state index in [2.05, 4.69) is 47.1 Å². The van der Waals surface area contributed by atoms with Crippen molar-refractivity contribution in [1.82, 2.24) is 29.3 Å². The first kappa shape index (κ1) is 32.6. The van der Waals surface area contributed by atoms with Crippen molar-refractivity contribution in [3.63, 3.8) is 0 Å². The number of aryl methyl sites for hydroxylation is 1. The molecule has 3 amide bonds. The number of nitrogens with one attached hydrogen (secondary N) is 1. The van der Waals surface area contributed by atoms with Gasteiger partial charge in [0.15, 0.2) is 0 Å². The maximum atomic E-state index is 14.3. The monoisotopic (exact) mass is 700 g/mol. The maximum absolute atomic E-state index is 14.3. The highest BCUT2D eigenvalue weighted by Crippen LogP contribution is 2.45. The number of carbonyl (C=O) groups excluding carboxylic acids is 2. The van der Waals surface area contributed by atoms with Gasteiger partial charge in [0.05, 0.1) is 30.5 Å². The zero-order valence-electron chi connectivity index (χ0n) is 30.3. The van der Waals surface area contributed by atoms with Crippen molar-refractivity contribution in [3.05, 3.63) is 77.0 Å². The summed E-state index contributed by atoms with van der Waals surface area (Å²) in [5.74, 6) is 1.11. The number of fused-ring (bicyclic) bond motifs is 5. The van der Waals surface area contributed by atoms with Crippen LogP contribution >= 0.6 is 0 Å². The van der Waals surface area contributed by atoms with E-state index in [1.165, 1.54) is 12.8 Å². The largest absolute Gasteiger partial charge is 0.494 e.